The molecular formula is C18H36O8S. The molecule has 0 aromatic carbocycles. The zero-order valence-electron chi connectivity index (χ0n) is 16.7. The first kappa shape index (κ1) is 24.7. The summed E-state index contributed by atoms with van der Waals surface area (Å²) in [5, 5.41) is 0. The van der Waals surface area contributed by atoms with E-state index in [1.807, 2.05) is 6.92 Å². The lowest BCUT2D eigenvalue weighted by Gasteiger charge is -2.23. The van der Waals surface area contributed by atoms with Gasteiger partial charge in [-0.1, -0.05) is 45.4 Å². The molecule has 1 fully saturated rings. The van der Waals surface area contributed by atoms with E-state index in [9.17, 15) is 8.42 Å². The molecule has 162 valence electrons. The standard InChI is InChI=1S/C18H36O8S/c1-3-4-5-6-7-8-9-10-18(2)24-16-17(26-18)15-23-12-11-22-13-14-25-27(19,20)21/h17H,3-16H2,1-2H3,(H,19,20,21). The van der Waals surface area contributed by atoms with Gasteiger partial charge in [-0.2, -0.15) is 8.42 Å². The molecule has 27 heavy (non-hydrogen) atoms. The SMILES string of the molecule is CCCCCCCCCC1(C)OCC(COCCOCCOS(=O)(=O)O)O1. The number of hydrogen-bond donors (Lipinski definition) is 1. The van der Waals surface area contributed by atoms with Crippen LogP contribution in [0.1, 0.15) is 65.2 Å². The van der Waals surface area contributed by atoms with E-state index < -0.39 is 16.2 Å². The van der Waals surface area contributed by atoms with Gasteiger partial charge < -0.3 is 18.9 Å². The van der Waals surface area contributed by atoms with Crippen LogP contribution in [0.5, 0.6) is 0 Å². The lowest BCUT2D eigenvalue weighted by atomic mass is 10.1. The molecule has 1 rings (SSSR count). The van der Waals surface area contributed by atoms with Crippen molar-refractivity contribution in [3.05, 3.63) is 0 Å². The Morgan fingerprint density at radius 2 is 1.63 bits per heavy atom. The molecule has 8 nitrogen and oxygen atoms in total. The Morgan fingerprint density at radius 1 is 1.00 bits per heavy atom. The quantitative estimate of drug-likeness (QED) is 0.287. The van der Waals surface area contributed by atoms with Crippen LogP contribution in [0.4, 0.5) is 0 Å². The maximum absolute atomic E-state index is 10.3. The van der Waals surface area contributed by atoms with Crippen LogP contribution >= 0.6 is 0 Å². The first-order valence-corrected chi connectivity index (χ1v) is 11.3. The Bertz CT molecular complexity index is 470. The smallest absolute Gasteiger partial charge is 0.377 e. The zero-order valence-corrected chi connectivity index (χ0v) is 17.5. The van der Waals surface area contributed by atoms with Crippen molar-refractivity contribution in [1.82, 2.24) is 0 Å². The third-order valence-electron chi connectivity index (χ3n) is 4.36. The lowest BCUT2D eigenvalue weighted by Crippen LogP contribution is -2.28. The first-order valence-electron chi connectivity index (χ1n) is 9.94. The average molecular weight is 413 g/mol. The van der Waals surface area contributed by atoms with Gasteiger partial charge in [-0.15, -0.1) is 0 Å². The van der Waals surface area contributed by atoms with Gasteiger partial charge in [-0.25, -0.2) is 4.18 Å². The molecule has 0 aromatic rings. The summed E-state index contributed by atoms with van der Waals surface area (Å²) in [5.74, 6) is -0.513. The fourth-order valence-corrected chi connectivity index (χ4v) is 3.22. The van der Waals surface area contributed by atoms with Gasteiger partial charge in [0, 0.05) is 6.42 Å². The monoisotopic (exact) mass is 412 g/mol. The van der Waals surface area contributed by atoms with Crippen LogP contribution in [-0.2, 0) is 33.5 Å². The molecule has 0 aliphatic carbocycles. The van der Waals surface area contributed by atoms with Gasteiger partial charge in [0.25, 0.3) is 0 Å². The molecule has 0 aromatic heterocycles. The van der Waals surface area contributed by atoms with Crippen molar-refractivity contribution in [2.24, 2.45) is 0 Å². The van der Waals surface area contributed by atoms with Gasteiger partial charge in [0.15, 0.2) is 5.79 Å². The van der Waals surface area contributed by atoms with Gasteiger partial charge in [0.05, 0.1) is 39.6 Å². The lowest BCUT2D eigenvalue weighted by molar-refractivity contribution is -0.165. The van der Waals surface area contributed by atoms with Gasteiger partial charge in [0.1, 0.15) is 6.10 Å². The van der Waals surface area contributed by atoms with Crippen molar-refractivity contribution in [1.29, 1.82) is 0 Å². The maximum Gasteiger partial charge on any atom is 0.397 e. The van der Waals surface area contributed by atoms with Crippen molar-refractivity contribution < 1.29 is 36.1 Å². The summed E-state index contributed by atoms with van der Waals surface area (Å²) in [7, 11) is -4.40. The van der Waals surface area contributed by atoms with Crippen LogP contribution in [0.25, 0.3) is 0 Å². The Balaban J connectivity index is 1.97. The van der Waals surface area contributed by atoms with Crippen molar-refractivity contribution in [3.8, 4) is 0 Å². The molecule has 0 spiro atoms. The Hall–Kier alpha value is -0.290. The Labute approximate surface area is 163 Å². The van der Waals surface area contributed by atoms with E-state index in [1.165, 1.54) is 38.5 Å². The van der Waals surface area contributed by atoms with E-state index in [4.69, 9.17) is 23.5 Å². The molecule has 0 amide bonds. The average Bonchev–Trinajstić information content (AvgIpc) is 2.97. The highest BCUT2D eigenvalue weighted by Crippen LogP contribution is 2.29. The first-order chi connectivity index (χ1) is 12.8. The normalized spacial score (nSPS) is 23.1. The number of rotatable bonds is 17. The number of ether oxygens (including phenoxy) is 4. The number of hydrogen-bond acceptors (Lipinski definition) is 7. The summed E-state index contributed by atoms with van der Waals surface area (Å²) in [5.41, 5.74) is 0. The van der Waals surface area contributed by atoms with Gasteiger partial charge in [0.2, 0.25) is 0 Å². The van der Waals surface area contributed by atoms with E-state index in [1.54, 1.807) is 0 Å². The summed E-state index contributed by atoms with van der Waals surface area (Å²) >= 11 is 0. The molecule has 0 bridgehead atoms. The topological polar surface area (TPSA) is 101 Å². The van der Waals surface area contributed by atoms with E-state index in [2.05, 4.69) is 11.1 Å². The van der Waals surface area contributed by atoms with E-state index in [0.29, 0.717) is 26.4 Å². The number of unbranched alkanes of at least 4 members (excludes halogenated alkanes) is 6. The molecule has 1 N–H and O–H groups in total. The van der Waals surface area contributed by atoms with Gasteiger partial charge in [-0.3, -0.25) is 4.55 Å². The third-order valence-corrected chi connectivity index (χ3v) is 4.83. The predicted molar refractivity (Wildman–Crippen MR) is 101 cm³/mol. The van der Waals surface area contributed by atoms with Crippen molar-refractivity contribution in [2.45, 2.75) is 77.1 Å². The molecule has 2 atom stereocenters. The molecule has 0 radical (unpaired) electrons. The molecule has 9 heteroatoms. The van der Waals surface area contributed by atoms with E-state index >= 15 is 0 Å². The van der Waals surface area contributed by atoms with Crippen molar-refractivity contribution >= 4 is 10.4 Å². The second-order valence-electron chi connectivity index (χ2n) is 6.99. The molecule has 1 saturated heterocycles. The minimum absolute atomic E-state index is 0.0582. The molecular weight excluding hydrogens is 376 g/mol. The van der Waals surface area contributed by atoms with Crippen LogP contribution in [0.3, 0.4) is 0 Å². The Morgan fingerprint density at radius 3 is 2.33 bits per heavy atom. The van der Waals surface area contributed by atoms with Gasteiger partial charge >= 0.3 is 10.4 Å². The van der Waals surface area contributed by atoms with E-state index in [-0.39, 0.29) is 19.3 Å². The summed E-state index contributed by atoms with van der Waals surface area (Å²) in [6.45, 7) is 5.66. The van der Waals surface area contributed by atoms with Crippen molar-refractivity contribution in [2.75, 3.05) is 39.6 Å². The predicted octanol–water partition coefficient (Wildman–Crippen LogP) is 3.11. The summed E-state index contributed by atoms with van der Waals surface area (Å²) < 4.78 is 55.6. The minimum atomic E-state index is -4.40. The molecule has 1 aliphatic heterocycles. The third kappa shape index (κ3) is 13.5. The molecule has 1 heterocycles. The maximum atomic E-state index is 10.3. The molecule has 2 unspecified atom stereocenters. The zero-order chi connectivity index (χ0) is 20.0. The molecule has 0 saturated carbocycles. The summed E-state index contributed by atoms with van der Waals surface area (Å²) in [6.07, 6.45) is 9.66. The summed E-state index contributed by atoms with van der Waals surface area (Å²) in [4.78, 5) is 0. The highest BCUT2D eigenvalue weighted by Gasteiger charge is 2.36. The van der Waals surface area contributed by atoms with Crippen LogP contribution in [0.2, 0.25) is 0 Å². The minimum Gasteiger partial charge on any atom is -0.377 e. The summed E-state index contributed by atoms with van der Waals surface area (Å²) in [6, 6.07) is 0. The fourth-order valence-electron chi connectivity index (χ4n) is 2.94. The fraction of sp³-hybridized carbons (Fsp3) is 1.00. The molecule has 1 aliphatic rings. The van der Waals surface area contributed by atoms with Crippen LogP contribution < -0.4 is 0 Å². The second kappa shape index (κ2) is 13.8. The Kier molecular flexibility index (Phi) is 12.7. The van der Waals surface area contributed by atoms with Crippen molar-refractivity contribution in [3.63, 3.8) is 0 Å². The van der Waals surface area contributed by atoms with Crippen LogP contribution in [0, 0.1) is 0 Å². The largest absolute Gasteiger partial charge is 0.397 e. The van der Waals surface area contributed by atoms with Crippen LogP contribution in [-0.4, -0.2) is 64.5 Å². The van der Waals surface area contributed by atoms with Gasteiger partial charge in [-0.05, 0) is 13.3 Å². The highest BCUT2D eigenvalue weighted by molar-refractivity contribution is 7.80. The highest BCUT2D eigenvalue weighted by atomic mass is 32.3. The van der Waals surface area contributed by atoms with E-state index in [0.717, 1.165) is 12.8 Å². The second-order valence-corrected chi connectivity index (χ2v) is 8.08. The van der Waals surface area contributed by atoms with Crippen LogP contribution in [0.15, 0.2) is 0 Å².